The maximum Gasteiger partial charge on any atom is 0.164 e. The Morgan fingerprint density at radius 1 is 0.308 bits per heavy atom. The molecular formula is C48H28N4. The maximum atomic E-state index is 5.21. The molecule has 1 aliphatic carbocycles. The second-order valence-corrected chi connectivity index (χ2v) is 13.4. The highest BCUT2D eigenvalue weighted by Gasteiger charge is 2.23. The summed E-state index contributed by atoms with van der Waals surface area (Å²) in [5, 5.41) is 8.44. The van der Waals surface area contributed by atoms with Crippen LogP contribution in [0.3, 0.4) is 0 Å². The minimum atomic E-state index is 0.638. The molecule has 8 aromatic carbocycles. The van der Waals surface area contributed by atoms with Crippen LogP contribution in [0.2, 0.25) is 0 Å². The Hall–Kier alpha value is -7.04. The Kier molecular flexibility index (Phi) is 6.22. The van der Waals surface area contributed by atoms with Gasteiger partial charge in [0.15, 0.2) is 17.5 Å². The van der Waals surface area contributed by atoms with Crippen molar-refractivity contribution >= 4 is 43.2 Å². The predicted octanol–water partition coefficient (Wildman–Crippen LogP) is 12.2. The van der Waals surface area contributed by atoms with Gasteiger partial charge in [0, 0.05) is 28.3 Å². The van der Waals surface area contributed by atoms with E-state index in [1.165, 1.54) is 54.6 Å². The molecule has 10 aromatic rings. The van der Waals surface area contributed by atoms with Gasteiger partial charge in [0.25, 0.3) is 0 Å². The molecule has 52 heavy (non-hydrogen) atoms. The van der Waals surface area contributed by atoms with Crippen LogP contribution < -0.4 is 0 Å². The minimum absolute atomic E-state index is 0.638. The zero-order valence-electron chi connectivity index (χ0n) is 28.0. The fourth-order valence-electron chi connectivity index (χ4n) is 8.12. The molecule has 0 atom stereocenters. The van der Waals surface area contributed by atoms with Crippen LogP contribution in [0.4, 0.5) is 0 Å². The quantitative estimate of drug-likeness (QED) is 0.176. The molecule has 0 bridgehead atoms. The first-order valence-electron chi connectivity index (χ1n) is 17.6. The first-order valence-corrected chi connectivity index (χ1v) is 17.6. The molecule has 0 fully saturated rings. The van der Waals surface area contributed by atoms with Crippen LogP contribution in [0.1, 0.15) is 0 Å². The number of hydrogen-bond acceptors (Lipinski definition) is 4. The van der Waals surface area contributed by atoms with Crippen molar-refractivity contribution < 1.29 is 0 Å². The van der Waals surface area contributed by atoms with E-state index in [2.05, 4.69) is 145 Å². The van der Waals surface area contributed by atoms with E-state index in [4.69, 9.17) is 15.0 Å². The largest absolute Gasteiger partial charge is 0.256 e. The molecule has 0 unspecified atom stereocenters. The lowest BCUT2D eigenvalue weighted by Crippen LogP contribution is -2.00. The minimum Gasteiger partial charge on any atom is -0.256 e. The van der Waals surface area contributed by atoms with Gasteiger partial charge in [-0.1, -0.05) is 127 Å². The van der Waals surface area contributed by atoms with E-state index in [0.29, 0.717) is 17.5 Å². The van der Waals surface area contributed by atoms with Crippen LogP contribution >= 0.6 is 0 Å². The monoisotopic (exact) mass is 660 g/mol. The summed E-state index contributed by atoms with van der Waals surface area (Å²) in [5.74, 6) is 1.94. The van der Waals surface area contributed by atoms with E-state index < -0.39 is 0 Å². The van der Waals surface area contributed by atoms with E-state index in [1.54, 1.807) is 0 Å². The van der Waals surface area contributed by atoms with Gasteiger partial charge in [0.05, 0.1) is 5.52 Å². The summed E-state index contributed by atoms with van der Waals surface area (Å²) in [4.78, 5) is 20.1. The van der Waals surface area contributed by atoms with Crippen molar-refractivity contribution in [2.75, 3.05) is 0 Å². The number of nitrogens with zero attached hydrogens (tertiary/aromatic N) is 4. The number of pyridine rings is 1. The second kappa shape index (κ2) is 11.2. The molecule has 0 amide bonds. The van der Waals surface area contributed by atoms with Gasteiger partial charge in [-0.15, -0.1) is 0 Å². The van der Waals surface area contributed by atoms with E-state index in [0.717, 1.165) is 38.7 Å². The standard InChI is InChI=1S/C48H28N4/c1-2-11-29(12-3-1)46-50-47(52-48(51-46)34-26-31-14-9-20-39-35-16-4-5-17-36(35)42(28-34)45(31)39)33-15-8-13-30(25-33)41-27-32-22-23-43-40(21-10-24-49-43)44(32)38-19-7-6-18-37(38)41/h1-28H. The third-order valence-corrected chi connectivity index (χ3v) is 10.4. The van der Waals surface area contributed by atoms with Gasteiger partial charge >= 0.3 is 0 Å². The fourth-order valence-corrected chi connectivity index (χ4v) is 8.12. The second-order valence-electron chi connectivity index (χ2n) is 13.4. The fraction of sp³-hybridized carbons (Fsp3) is 0. The highest BCUT2D eigenvalue weighted by Crippen LogP contribution is 2.48. The van der Waals surface area contributed by atoms with Gasteiger partial charge < -0.3 is 0 Å². The van der Waals surface area contributed by atoms with E-state index in [1.807, 2.05) is 30.5 Å². The summed E-state index contributed by atoms with van der Waals surface area (Å²) >= 11 is 0. The third kappa shape index (κ3) is 4.41. The van der Waals surface area contributed by atoms with Crippen molar-refractivity contribution in [3.05, 3.63) is 170 Å². The number of aromatic nitrogens is 4. The van der Waals surface area contributed by atoms with E-state index >= 15 is 0 Å². The molecule has 0 N–H and O–H groups in total. The molecule has 4 nitrogen and oxygen atoms in total. The van der Waals surface area contributed by atoms with Gasteiger partial charge in [-0.2, -0.15) is 0 Å². The number of hydrogen-bond donors (Lipinski definition) is 0. The SMILES string of the molecule is c1ccc(-c2nc(-c3cccc(-c4cc5ccc6ncccc6c5c5ccccc45)c3)nc(-c3cc4c5c(cccc5c3)-c3ccccc3-4)n2)cc1. The van der Waals surface area contributed by atoms with Crippen LogP contribution in [0.15, 0.2) is 170 Å². The van der Waals surface area contributed by atoms with Crippen molar-refractivity contribution in [1.29, 1.82) is 0 Å². The van der Waals surface area contributed by atoms with Gasteiger partial charge in [0.1, 0.15) is 0 Å². The van der Waals surface area contributed by atoms with Gasteiger partial charge in [-0.3, -0.25) is 4.98 Å². The summed E-state index contributed by atoms with van der Waals surface area (Å²) in [6.45, 7) is 0. The molecule has 0 radical (unpaired) electrons. The van der Waals surface area contributed by atoms with Crippen LogP contribution in [0, 0.1) is 0 Å². The molecule has 4 heteroatoms. The first kappa shape index (κ1) is 28.8. The number of benzene rings is 8. The van der Waals surface area contributed by atoms with Crippen molar-refractivity contribution in [3.8, 4) is 67.5 Å². The summed E-state index contributed by atoms with van der Waals surface area (Å²) in [5.41, 5.74) is 11.1. The van der Waals surface area contributed by atoms with Crippen LogP contribution in [-0.4, -0.2) is 19.9 Å². The highest BCUT2D eigenvalue weighted by atomic mass is 15.0. The van der Waals surface area contributed by atoms with Gasteiger partial charge in [0.2, 0.25) is 0 Å². The summed E-state index contributed by atoms with van der Waals surface area (Å²) in [6.07, 6.45) is 1.86. The highest BCUT2D eigenvalue weighted by molar-refractivity contribution is 6.23. The summed E-state index contributed by atoms with van der Waals surface area (Å²) < 4.78 is 0. The zero-order valence-corrected chi connectivity index (χ0v) is 28.0. The Morgan fingerprint density at radius 3 is 1.81 bits per heavy atom. The molecule has 0 saturated heterocycles. The van der Waals surface area contributed by atoms with Gasteiger partial charge in [-0.25, -0.2) is 15.0 Å². The number of fused-ring (bicyclic) bond motifs is 8. The predicted molar refractivity (Wildman–Crippen MR) is 214 cm³/mol. The Balaban J connectivity index is 1.11. The average molecular weight is 661 g/mol. The van der Waals surface area contributed by atoms with Crippen molar-refractivity contribution in [2.45, 2.75) is 0 Å². The molecule has 2 heterocycles. The van der Waals surface area contributed by atoms with Crippen LogP contribution in [-0.2, 0) is 0 Å². The van der Waals surface area contributed by atoms with E-state index in [9.17, 15) is 0 Å². The number of rotatable bonds is 4. The summed E-state index contributed by atoms with van der Waals surface area (Å²) in [7, 11) is 0. The molecule has 2 aromatic heterocycles. The third-order valence-electron chi connectivity index (χ3n) is 10.4. The molecule has 0 saturated carbocycles. The molecule has 240 valence electrons. The van der Waals surface area contributed by atoms with Crippen molar-refractivity contribution in [1.82, 2.24) is 19.9 Å². The zero-order chi connectivity index (χ0) is 34.2. The normalized spacial score (nSPS) is 11.8. The Morgan fingerprint density at radius 2 is 0.942 bits per heavy atom. The van der Waals surface area contributed by atoms with Crippen LogP contribution in [0.5, 0.6) is 0 Å². The van der Waals surface area contributed by atoms with Crippen LogP contribution in [0.25, 0.3) is 111 Å². The Labute approximate surface area is 299 Å². The Bertz CT molecular complexity index is 3080. The van der Waals surface area contributed by atoms with Crippen molar-refractivity contribution in [3.63, 3.8) is 0 Å². The smallest absolute Gasteiger partial charge is 0.164 e. The lowest BCUT2D eigenvalue weighted by atomic mass is 9.91. The molecule has 0 aliphatic heterocycles. The van der Waals surface area contributed by atoms with E-state index in [-0.39, 0.29) is 0 Å². The molecule has 0 spiro atoms. The van der Waals surface area contributed by atoms with Gasteiger partial charge in [-0.05, 0) is 102 Å². The van der Waals surface area contributed by atoms with Crippen molar-refractivity contribution in [2.24, 2.45) is 0 Å². The molecule has 1 aliphatic rings. The topological polar surface area (TPSA) is 51.6 Å². The maximum absolute atomic E-state index is 5.21. The molecular weight excluding hydrogens is 633 g/mol. The lowest BCUT2D eigenvalue weighted by molar-refractivity contribution is 1.07. The first-order chi connectivity index (χ1) is 25.8. The molecule has 11 rings (SSSR count). The average Bonchev–Trinajstić information content (AvgIpc) is 3.55. The summed E-state index contributed by atoms with van der Waals surface area (Å²) in [6, 6.07) is 57.9. The lowest BCUT2D eigenvalue weighted by Gasteiger charge is -2.14.